The molecule has 3 aromatic rings. The first-order chi connectivity index (χ1) is 16.3. The number of hydrogen-bond acceptors (Lipinski definition) is 6. The second-order valence-corrected chi connectivity index (χ2v) is 8.56. The summed E-state index contributed by atoms with van der Waals surface area (Å²) in [6.45, 7) is 2.77. The molecule has 174 valence electrons. The van der Waals surface area contributed by atoms with Crippen molar-refractivity contribution < 1.29 is 14.6 Å². The number of nitro benzene ring substituents is 2. The van der Waals surface area contributed by atoms with Crippen LogP contribution in [0.4, 0.5) is 11.4 Å². The minimum absolute atomic E-state index is 0.128. The van der Waals surface area contributed by atoms with E-state index in [2.05, 4.69) is 10.2 Å². The van der Waals surface area contributed by atoms with E-state index in [1.165, 1.54) is 16.7 Å². The highest BCUT2D eigenvalue weighted by atomic mass is 35.5. The molecule has 3 aromatic carbocycles. The van der Waals surface area contributed by atoms with E-state index in [0.717, 1.165) is 54.8 Å². The summed E-state index contributed by atoms with van der Waals surface area (Å²) >= 11 is 5.96. The van der Waals surface area contributed by atoms with Crippen LogP contribution in [0.25, 0.3) is 0 Å². The van der Waals surface area contributed by atoms with Gasteiger partial charge < -0.3 is 5.32 Å². The van der Waals surface area contributed by atoms with Gasteiger partial charge in [-0.05, 0) is 40.8 Å². The van der Waals surface area contributed by atoms with E-state index in [1.54, 1.807) is 0 Å². The molecule has 0 spiro atoms. The molecule has 4 rings (SSSR count). The van der Waals surface area contributed by atoms with Crippen molar-refractivity contribution in [2.45, 2.75) is 26.1 Å². The zero-order valence-electron chi connectivity index (χ0n) is 18.1. The van der Waals surface area contributed by atoms with Crippen molar-refractivity contribution in [2.24, 2.45) is 0 Å². The van der Waals surface area contributed by atoms with Crippen LogP contribution < -0.4 is 5.32 Å². The number of fused-ring (bicyclic) bond motifs is 1. The third-order valence-corrected chi connectivity index (χ3v) is 5.97. The van der Waals surface area contributed by atoms with Gasteiger partial charge in [0.15, 0.2) is 0 Å². The van der Waals surface area contributed by atoms with Crippen molar-refractivity contribution in [2.75, 3.05) is 6.54 Å². The highest BCUT2D eigenvalue weighted by Gasteiger charge is 2.20. The summed E-state index contributed by atoms with van der Waals surface area (Å²) in [5.74, 6) is -0.612. The first kappa shape index (κ1) is 23.3. The Bertz CT molecular complexity index is 1230. The van der Waals surface area contributed by atoms with Crippen LogP contribution in [0.5, 0.6) is 0 Å². The van der Waals surface area contributed by atoms with Gasteiger partial charge in [0.25, 0.3) is 17.3 Å². The van der Waals surface area contributed by atoms with Gasteiger partial charge in [-0.3, -0.25) is 29.9 Å². The molecule has 0 bridgehead atoms. The van der Waals surface area contributed by atoms with Crippen molar-refractivity contribution >= 4 is 28.9 Å². The summed E-state index contributed by atoms with van der Waals surface area (Å²) in [4.78, 5) is 35.5. The molecule has 9 nitrogen and oxygen atoms in total. The highest BCUT2D eigenvalue weighted by Crippen LogP contribution is 2.24. The molecule has 0 saturated heterocycles. The fourth-order valence-corrected chi connectivity index (χ4v) is 4.11. The Morgan fingerprint density at radius 1 is 0.912 bits per heavy atom. The lowest BCUT2D eigenvalue weighted by molar-refractivity contribution is -0.394. The summed E-state index contributed by atoms with van der Waals surface area (Å²) in [5, 5.41) is 25.5. The molecule has 0 unspecified atom stereocenters. The zero-order chi connectivity index (χ0) is 24.2. The Morgan fingerprint density at radius 2 is 1.56 bits per heavy atom. The van der Waals surface area contributed by atoms with Gasteiger partial charge in [0.1, 0.15) is 0 Å². The van der Waals surface area contributed by atoms with Crippen LogP contribution in [0.15, 0.2) is 60.7 Å². The number of non-ortho nitro benzene ring substituents is 2. The Labute approximate surface area is 200 Å². The van der Waals surface area contributed by atoms with Crippen LogP contribution in [0.1, 0.15) is 32.6 Å². The van der Waals surface area contributed by atoms with Crippen molar-refractivity contribution in [3.8, 4) is 0 Å². The second kappa shape index (κ2) is 9.98. The first-order valence-electron chi connectivity index (χ1n) is 10.6. The summed E-state index contributed by atoms with van der Waals surface area (Å²) in [6.07, 6.45) is 0.877. The van der Waals surface area contributed by atoms with E-state index in [0.29, 0.717) is 0 Å². The quantitative estimate of drug-likeness (QED) is 0.388. The molecular weight excluding hydrogens is 460 g/mol. The Kier molecular flexibility index (Phi) is 6.85. The van der Waals surface area contributed by atoms with E-state index < -0.39 is 27.1 Å². The number of nitro groups is 2. The van der Waals surface area contributed by atoms with E-state index in [1.807, 2.05) is 42.5 Å². The number of carbonyl (C=O) groups is 1. The maximum atomic E-state index is 12.5. The van der Waals surface area contributed by atoms with Crippen LogP contribution in [-0.2, 0) is 26.1 Å². The molecule has 1 amide bonds. The van der Waals surface area contributed by atoms with Gasteiger partial charge in [0, 0.05) is 43.3 Å². The van der Waals surface area contributed by atoms with Gasteiger partial charge in [-0.25, -0.2) is 0 Å². The number of carbonyl (C=O) groups excluding carboxylic acids is 1. The molecule has 0 aromatic heterocycles. The van der Waals surface area contributed by atoms with E-state index in [4.69, 9.17) is 11.6 Å². The highest BCUT2D eigenvalue weighted by molar-refractivity contribution is 6.30. The number of rotatable bonds is 7. The zero-order valence-corrected chi connectivity index (χ0v) is 18.8. The van der Waals surface area contributed by atoms with Crippen molar-refractivity contribution in [3.05, 3.63) is 114 Å². The first-order valence-corrected chi connectivity index (χ1v) is 11.0. The largest absolute Gasteiger partial charge is 0.348 e. The van der Waals surface area contributed by atoms with Crippen molar-refractivity contribution in [1.82, 2.24) is 10.2 Å². The van der Waals surface area contributed by atoms with Gasteiger partial charge in [-0.2, -0.15) is 0 Å². The predicted molar refractivity (Wildman–Crippen MR) is 127 cm³/mol. The topological polar surface area (TPSA) is 119 Å². The number of halogens is 1. The minimum Gasteiger partial charge on any atom is -0.348 e. The SMILES string of the molecule is O=C(NCc1ccc2c(c1)CCN(Cc1ccc(Cl)cc1)C2)c1cc([N+](=O)[O-])cc([N+](=O)[O-])c1. The number of nitrogens with zero attached hydrogens (tertiary/aromatic N) is 3. The van der Waals surface area contributed by atoms with Crippen LogP contribution in [0.2, 0.25) is 5.02 Å². The smallest absolute Gasteiger partial charge is 0.277 e. The molecule has 0 atom stereocenters. The summed E-state index contributed by atoms with van der Waals surface area (Å²) in [5.41, 5.74) is 3.39. The average molecular weight is 481 g/mol. The molecule has 1 N–H and O–H groups in total. The molecule has 0 radical (unpaired) electrons. The van der Waals surface area contributed by atoms with E-state index >= 15 is 0 Å². The lowest BCUT2D eigenvalue weighted by Gasteiger charge is -2.29. The third kappa shape index (κ3) is 5.56. The molecule has 1 heterocycles. The maximum absolute atomic E-state index is 12.5. The van der Waals surface area contributed by atoms with Gasteiger partial charge in [-0.1, -0.05) is 41.9 Å². The molecule has 34 heavy (non-hydrogen) atoms. The molecule has 1 aliphatic rings. The molecule has 10 heteroatoms. The third-order valence-electron chi connectivity index (χ3n) is 5.72. The average Bonchev–Trinajstić information content (AvgIpc) is 2.83. The van der Waals surface area contributed by atoms with Crippen molar-refractivity contribution in [3.63, 3.8) is 0 Å². The number of nitrogens with one attached hydrogen (secondary N) is 1. The Hall–Kier alpha value is -3.82. The van der Waals surface area contributed by atoms with Crippen LogP contribution in [0.3, 0.4) is 0 Å². The Balaban J connectivity index is 1.40. The van der Waals surface area contributed by atoms with E-state index in [-0.39, 0.29) is 12.1 Å². The molecule has 0 fully saturated rings. The summed E-state index contributed by atoms with van der Waals surface area (Å²) in [7, 11) is 0. The van der Waals surface area contributed by atoms with Crippen LogP contribution in [-0.4, -0.2) is 27.2 Å². The molecule has 1 aliphatic heterocycles. The number of hydrogen-bond donors (Lipinski definition) is 1. The molecule has 0 aliphatic carbocycles. The Morgan fingerprint density at radius 3 is 2.21 bits per heavy atom. The van der Waals surface area contributed by atoms with Crippen molar-refractivity contribution in [1.29, 1.82) is 0 Å². The van der Waals surface area contributed by atoms with Gasteiger partial charge in [0.2, 0.25) is 0 Å². The minimum atomic E-state index is -0.760. The summed E-state index contributed by atoms with van der Waals surface area (Å²) < 4.78 is 0. The van der Waals surface area contributed by atoms with Gasteiger partial charge >= 0.3 is 0 Å². The van der Waals surface area contributed by atoms with Crippen LogP contribution >= 0.6 is 11.6 Å². The van der Waals surface area contributed by atoms with Gasteiger partial charge in [-0.15, -0.1) is 0 Å². The lowest BCUT2D eigenvalue weighted by atomic mass is 9.97. The second-order valence-electron chi connectivity index (χ2n) is 8.13. The van der Waals surface area contributed by atoms with E-state index in [9.17, 15) is 25.0 Å². The maximum Gasteiger partial charge on any atom is 0.277 e. The monoisotopic (exact) mass is 480 g/mol. The fraction of sp³-hybridized carbons (Fsp3) is 0.208. The standard InChI is InChI=1S/C24H21ClN4O5/c25-21-5-2-16(3-6-21)14-27-8-7-18-9-17(1-4-19(18)15-27)13-26-24(30)20-10-22(28(31)32)12-23(11-20)29(33)34/h1-6,9-12H,7-8,13-15H2,(H,26,30). The molecule has 0 saturated carbocycles. The number of benzene rings is 3. The lowest BCUT2D eigenvalue weighted by Crippen LogP contribution is -2.30. The summed E-state index contributed by atoms with van der Waals surface area (Å²) in [6, 6.07) is 16.8. The van der Waals surface area contributed by atoms with Crippen LogP contribution in [0, 0.1) is 20.2 Å². The normalized spacial score (nSPS) is 13.2. The number of amides is 1. The fourth-order valence-electron chi connectivity index (χ4n) is 3.98. The predicted octanol–water partition coefficient (Wildman–Crippen LogP) is 4.64. The van der Waals surface area contributed by atoms with Gasteiger partial charge in [0.05, 0.1) is 21.5 Å². The molecular formula is C24H21ClN4O5.